The summed E-state index contributed by atoms with van der Waals surface area (Å²) in [5, 5.41) is 2.84. The van der Waals surface area contributed by atoms with Crippen molar-refractivity contribution in [3.8, 4) is 5.75 Å². The highest BCUT2D eigenvalue weighted by atomic mass is 32.2. The van der Waals surface area contributed by atoms with E-state index >= 15 is 0 Å². The van der Waals surface area contributed by atoms with Gasteiger partial charge in [0.25, 0.3) is 5.91 Å². The van der Waals surface area contributed by atoms with Crippen LogP contribution in [0.3, 0.4) is 0 Å². The topological polar surface area (TPSA) is 96.0 Å². The number of rotatable bonds is 7. The largest absolute Gasteiger partial charge is 0.484 e. The van der Waals surface area contributed by atoms with Gasteiger partial charge < -0.3 is 15.0 Å². The number of amides is 2. The molecule has 0 spiro atoms. The maximum absolute atomic E-state index is 13.2. The Morgan fingerprint density at radius 2 is 1.53 bits per heavy atom. The van der Waals surface area contributed by atoms with Crippen molar-refractivity contribution in [1.29, 1.82) is 0 Å². The molecule has 2 aromatic carbocycles. The second-order valence-electron chi connectivity index (χ2n) is 8.71. The molecular formula is C25H31N3O5S. The predicted octanol–water partition coefficient (Wildman–Crippen LogP) is 3.12. The molecule has 2 aromatic rings. The van der Waals surface area contributed by atoms with Gasteiger partial charge in [-0.3, -0.25) is 9.59 Å². The van der Waals surface area contributed by atoms with Crippen LogP contribution in [0.2, 0.25) is 0 Å². The summed E-state index contributed by atoms with van der Waals surface area (Å²) in [7, 11) is -3.67. The number of likely N-dealkylation sites (tertiary alicyclic amines) is 1. The summed E-state index contributed by atoms with van der Waals surface area (Å²) >= 11 is 0. The Hall–Kier alpha value is -2.91. The zero-order valence-electron chi connectivity index (χ0n) is 19.2. The van der Waals surface area contributed by atoms with Crippen LogP contribution in [0.5, 0.6) is 5.75 Å². The van der Waals surface area contributed by atoms with Crippen molar-refractivity contribution in [2.75, 3.05) is 38.1 Å². The first-order valence-corrected chi connectivity index (χ1v) is 13.2. The standard InChI is InChI=1S/C25H31N3O5S/c29-24(19-33-21-9-3-1-4-10-21)27-17-13-20(14-18-27)25(30)26-22-11-5-6-12-23(22)34(31,32)28-15-7-2-8-16-28/h1,3-6,9-12,20H,2,7-8,13-19H2,(H,26,30). The number of carbonyl (C=O) groups excluding carboxylic acids is 2. The summed E-state index contributed by atoms with van der Waals surface area (Å²) in [5.74, 6) is 0.0303. The number of anilines is 1. The number of benzene rings is 2. The average molecular weight is 486 g/mol. The Bertz CT molecular complexity index is 1090. The Labute approximate surface area is 200 Å². The minimum Gasteiger partial charge on any atom is -0.484 e. The molecule has 1 N–H and O–H groups in total. The van der Waals surface area contributed by atoms with Crippen LogP contribution >= 0.6 is 0 Å². The molecule has 2 aliphatic rings. The molecule has 8 nitrogen and oxygen atoms in total. The number of piperidine rings is 2. The van der Waals surface area contributed by atoms with Crippen molar-refractivity contribution in [1.82, 2.24) is 9.21 Å². The number of hydrogen-bond acceptors (Lipinski definition) is 5. The molecule has 2 aliphatic heterocycles. The van der Waals surface area contributed by atoms with E-state index in [1.165, 1.54) is 4.31 Å². The Balaban J connectivity index is 1.32. The lowest BCUT2D eigenvalue weighted by molar-refractivity contribution is -0.136. The quantitative estimate of drug-likeness (QED) is 0.650. The molecule has 0 radical (unpaired) electrons. The number of para-hydroxylation sites is 2. The van der Waals surface area contributed by atoms with Crippen molar-refractivity contribution < 1.29 is 22.7 Å². The van der Waals surface area contributed by atoms with Gasteiger partial charge in [-0.25, -0.2) is 8.42 Å². The summed E-state index contributed by atoms with van der Waals surface area (Å²) in [4.78, 5) is 27.3. The van der Waals surface area contributed by atoms with E-state index in [0.717, 1.165) is 19.3 Å². The molecule has 0 aromatic heterocycles. The van der Waals surface area contributed by atoms with Crippen molar-refractivity contribution >= 4 is 27.5 Å². The predicted molar refractivity (Wildman–Crippen MR) is 129 cm³/mol. The van der Waals surface area contributed by atoms with Gasteiger partial charge in [0, 0.05) is 32.1 Å². The zero-order valence-corrected chi connectivity index (χ0v) is 20.0. The van der Waals surface area contributed by atoms with Gasteiger partial charge in [0.15, 0.2) is 6.61 Å². The lowest BCUT2D eigenvalue weighted by atomic mass is 9.95. The van der Waals surface area contributed by atoms with E-state index < -0.39 is 10.0 Å². The first-order valence-electron chi connectivity index (χ1n) is 11.8. The molecule has 0 aliphatic carbocycles. The van der Waals surface area contributed by atoms with Crippen molar-refractivity contribution in [3.63, 3.8) is 0 Å². The van der Waals surface area contributed by atoms with Crippen LogP contribution in [0, 0.1) is 5.92 Å². The Morgan fingerprint density at radius 1 is 0.882 bits per heavy atom. The van der Waals surface area contributed by atoms with Gasteiger partial charge in [-0.1, -0.05) is 36.8 Å². The van der Waals surface area contributed by atoms with Gasteiger partial charge in [0.1, 0.15) is 10.6 Å². The van der Waals surface area contributed by atoms with Crippen LogP contribution in [0.4, 0.5) is 5.69 Å². The van der Waals surface area contributed by atoms with Gasteiger partial charge in [0.2, 0.25) is 15.9 Å². The molecule has 4 rings (SSSR count). The lowest BCUT2D eigenvalue weighted by Gasteiger charge is -2.31. The van der Waals surface area contributed by atoms with Crippen LogP contribution < -0.4 is 10.1 Å². The van der Waals surface area contributed by atoms with E-state index in [2.05, 4.69) is 5.32 Å². The van der Waals surface area contributed by atoms with E-state index in [-0.39, 0.29) is 29.2 Å². The van der Waals surface area contributed by atoms with E-state index in [9.17, 15) is 18.0 Å². The molecule has 0 atom stereocenters. The van der Waals surface area contributed by atoms with Crippen LogP contribution in [-0.2, 0) is 19.6 Å². The number of carbonyl (C=O) groups is 2. The fraction of sp³-hybridized carbons (Fsp3) is 0.440. The monoisotopic (exact) mass is 485 g/mol. The molecule has 0 saturated carbocycles. The second kappa shape index (κ2) is 11.0. The summed E-state index contributed by atoms with van der Waals surface area (Å²) in [6.45, 7) is 1.89. The molecule has 2 saturated heterocycles. The highest BCUT2D eigenvalue weighted by Gasteiger charge is 2.31. The summed E-state index contributed by atoms with van der Waals surface area (Å²) in [6, 6.07) is 15.8. The van der Waals surface area contributed by atoms with Crippen LogP contribution in [0.15, 0.2) is 59.5 Å². The maximum Gasteiger partial charge on any atom is 0.260 e. The van der Waals surface area contributed by atoms with Crippen molar-refractivity contribution in [3.05, 3.63) is 54.6 Å². The van der Waals surface area contributed by atoms with Crippen LogP contribution in [0.25, 0.3) is 0 Å². The van der Waals surface area contributed by atoms with Crippen molar-refractivity contribution in [2.45, 2.75) is 37.0 Å². The van der Waals surface area contributed by atoms with Gasteiger partial charge in [-0.05, 0) is 49.9 Å². The van der Waals surface area contributed by atoms with E-state index in [4.69, 9.17) is 4.74 Å². The fourth-order valence-corrected chi connectivity index (χ4v) is 6.08. The number of sulfonamides is 1. The number of nitrogens with one attached hydrogen (secondary N) is 1. The van der Waals surface area contributed by atoms with Crippen molar-refractivity contribution in [2.24, 2.45) is 5.92 Å². The minimum absolute atomic E-state index is 0.0391. The molecule has 2 fully saturated rings. The molecule has 2 amide bonds. The van der Waals surface area contributed by atoms with Crippen LogP contribution in [-0.4, -0.2) is 62.2 Å². The maximum atomic E-state index is 13.2. The summed E-state index contributed by atoms with van der Waals surface area (Å²) < 4.78 is 33.4. The van der Waals surface area contributed by atoms with Gasteiger partial charge >= 0.3 is 0 Å². The molecule has 9 heteroatoms. The average Bonchev–Trinajstić information content (AvgIpc) is 2.88. The smallest absolute Gasteiger partial charge is 0.260 e. The third-order valence-corrected chi connectivity index (χ3v) is 8.36. The lowest BCUT2D eigenvalue weighted by Crippen LogP contribution is -2.43. The molecule has 182 valence electrons. The number of hydrogen-bond donors (Lipinski definition) is 1. The molecule has 0 unspecified atom stereocenters. The Morgan fingerprint density at radius 3 is 2.24 bits per heavy atom. The van der Waals surface area contributed by atoms with E-state index in [0.29, 0.717) is 50.5 Å². The third kappa shape index (κ3) is 5.77. The Kier molecular flexibility index (Phi) is 7.84. The SMILES string of the molecule is O=C(Nc1ccccc1S(=O)(=O)N1CCCCC1)C1CCN(C(=O)COc2ccccc2)CC1. The highest BCUT2D eigenvalue weighted by molar-refractivity contribution is 7.89. The first kappa shape index (κ1) is 24.2. The van der Waals surface area contributed by atoms with E-state index in [1.54, 1.807) is 41.3 Å². The third-order valence-electron chi connectivity index (χ3n) is 6.40. The minimum atomic E-state index is -3.67. The summed E-state index contributed by atoms with van der Waals surface area (Å²) in [6.07, 6.45) is 3.76. The number of nitrogens with zero attached hydrogens (tertiary/aromatic N) is 2. The van der Waals surface area contributed by atoms with E-state index in [1.807, 2.05) is 18.2 Å². The van der Waals surface area contributed by atoms with Gasteiger partial charge in [-0.15, -0.1) is 0 Å². The zero-order chi connectivity index (χ0) is 24.0. The fourth-order valence-electron chi connectivity index (χ4n) is 4.42. The van der Waals surface area contributed by atoms with Gasteiger partial charge in [-0.2, -0.15) is 4.31 Å². The molecule has 34 heavy (non-hydrogen) atoms. The first-order chi connectivity index (χ1) is 16.4. The normalized spacial score (nSPS) is 17.8. The summed E-state index contributed by atoms with van der Waals surface area (Å²) in [5.41, 5.74) is 0.313. The molecule has 0 bridgehead atoms. The molecule has 2 heterocycles. The van der Waals surface area contributed by atoms with Gasteiger partial charge in [0.05, 0.1) is 5.69 Å². The van der Waals surface area contributed by atoms with Crippen LogP contribution in [0.1, 0.15) is 32.1 Å². The number of ether oxygens (including phenoxy) is 1. The molecular weight excluding hydrogens is 454 g/mol. The second-order valence-corrected chi connectivity index (χ2v) is 10.6. The highest BCUT2D eigenvalue weighted by Crippen LogP contribution is 2.28.